The Morgan fingerprint density at radius 1 is 1.67 bits per heavy atom. The summed E-state index contributed by atoms with van der Waals surface area (Å²) in [6, 6.07) is 0. The second kappa shape index (κ2) is 1.39. The molecule has 2 aliphatic rings. The molecule has 2 atom stereocenters. The molecular weight excluding hydrogens is 112 g/mol. The van der Waals surface area contributed by atoms with Crippen molar-refractivity contribution in [1.82, 2.24) is 0 Å². The van der Waals surface area contributed by atoms with Crippen LogP contribution in [0.1, 0.15) is 32.6 Å². The number of carbonyl (C=O) groups excluding carboxylic acids is 1. The molecule has 0 aliphatic heterocycles. The minimum atomic E-state index is 0.455. The average molecular weight is 124 g/mol. The first kappa shape index (κ1) is 5.45. The second-order valence-electron chi connectivity index (χ2n) is 3.74. The van der Waals surface area contributed by atoms with Crippen molar-refractivity contribution in [2.24, 2.45) is 11.3 Å². The van der Waals surface area contributed by atoms with E-state index < -0.39 is 0 Å². The minimum absolute atomic E-state index is 0.455. The fourth-order valence-electron chi connectivity index (χ4n) is 2.38. The first-order chi connectivity index (χ1) is 4.22. The molecule has 9 heavy (non-hydrogen) atoms. The van der Waals surface area contributed by atoms with Gasteiger partial charge in [0.1, 0.15) is 5.78 Å². The van der Waals surface area contributed by atoms with E-state index in [4.69, 9.17) is 0 Å². The molecular formula is C8H12O. The molecule has 0 bridgehead atoms. The van der Waals surface area contributed by atoms with Crippen LogP contribution in [0.25, 0.3) is 0 Å². The summed E-state index contributed by atoms with van der Waals surface area (Å²) in [4.78, 5) is 10.9. The largest absolute Gasteiger partial charge is 0.299 e. The number of rotatable bonds is 0. The third kappa shape index (κ3) is 0.525. The lowest BCUT2D eigenvalue weighted by atomic mass is 9.62. The van der Waals surface area contributed by atoms with Crippen molar-refractivity contribution in [1.29, 1.82) is 0 Å². The Bertz CT molecular complexity index is 162. The first-order valence-corrected chi connectivity index (χ1v) is 3.75. The number of hydrogen-bond donors (Lipinski definition) is 0. The standard InChI is InChI=1S/C8H12O/c1-8-4-2-3-6(8)7(9)5-8/h6H,2-5H2,1H3/t6-,8+/m1/s1. The fraction of sp³-hybridized carbons (Fsp3) is 0.875. The molecule has 50 valence electrons. The van der Waals surface area contributed by atoms with Gasteiger partial charge < -0.3 is 0 Å². The maximum Gasteiger partial charge on any atom is 0.137 e. The van der Waals surface area contributed by atoms with Crippen LogP contribution in [0.5, 0.6) is 0 Å². The lowest BCUT2D eigenvalue weighted by Gasteiger charge is -2.40. The zero-order chi connectivity index (χ0) is 6.48. The van der Waals surface area contributed by atoms with Gasteiger partial charge in [0.15, 0.2) is 0 Å². The smallest absolute Gasteiger partial charge is 0.137 e. The van der Waals surface area contributed by atoms with Gasteiger partial charge in [-0.2, -0.15) is 0 Å². The molecule has 1 nitrogen and oxygen atoms in total. The Labute approximate surface area is 55.4 Å². The van der Waals surface area contributed by atoms with Gasteiger partial charge >= 0.3 is 0 Å². The molecule has 2 rings (SSSR count). The minimum Gasteiger partial charge on any atom is -0.299 e. The molecule has 0 radical (unpaired) electrons. The fourth-order valence-corrected chi connectivity index (χ4v) is 2.38. The van der Waals surface area contributed by atoms with Gasteiger partial charge in [-0.1, -0.05) is 13.3 Å². The highest BCUT2D eigenvalue weighted by Gasteiger charge is 2.52. The van der Waals surface area contributed by atoms with Gasteiger partial charge in [-0.25, -0.2) is 0 Å². The predicted octanol–water partition coefficient (Wildman–Crippen LogP) is 1.77. The van der Waals surface area contributed by atoms with E-state index in [0.29, 0.717) is 17.1 Å². The molecule has 0 saturated heterocycles. The topological polar surface area (TPSA) is 17.1 Å². The van der Waals surface area contributed by atoms with E-state index in [1.807, 2.05) is 0 Å². The van der Waals surface area contributed by atoms with Crippen LogP contribution in [0.15, 0.2) is 0 Å². The molecule has 0 N–H and O–H groups in total. The molecule has 2 saturated carbocycles. The molecule has 0 aromatic carbocycles. The maximum atomic E-state index is 10.9. The third-order valence-electron chi connectivity index (χ3n) is 3.05. The average Bonchev–Trinajstić information content (AvgIpc) is 2.06. The molecule has 0 aromatic heterocycles. The van der Waals surface area contributed by atoms with Gasteiger partial charge in [0.05, 0.1) is 0 Å². The van der Waals surface area contributed by atoms with Gasteiger partial charge in [-0.05, 0) is 18.3 Å². The SMILES string of the molecule is C[C@@]12CCC[C@@H]1C(=O)C2. The van der Waals surface area contributed by atoms with Crippen molar-refractivity contribution in [2.45, 2.75) is 32.6 Å². The Balaban J connectivity index is 2.21. The van der Waals surface area contributed by atoms with Gasteiger partial charge in [0, 0.05) is 12.3 Å². The summed E-state index contributed by atoms with van der Waals surface area (Å²) in [5, 5.41) is 0. The van der Waals surface area contributed by atoms with E-state index >= 15 is 0 Å². The van der Waals surface area contributed by atoms with Crippen LogP contribution in [-0.2, 0) is 4.79 Å². The Morgan fingerprint density at radius 2 is 2.44 bits per heavy atom. The van der Waals surface area contributed by atoms with Crippen molar-refractivity contribution < 1.29 is 4.79 Å². The predicted molar refractivity (Wildman–Crippen MR) is 35.1 cm³/mol. The van der Waals surface area contributed by atoms with E-state index in [-0.39, 0.29) is 0 Å². The Kier molecular flexibility index (Phi) is 0.842. The van der Waals surface area contributed by atoms with Crippen LogP contribution >= 0.6 is 0 Å². The van der Waals surface area contributed by atoms with Crippen molar-refractivity contribution in [3.8, 4) is 0 Å². The van der Waals surface area contributed by atoms with E-state index in [2.05, 4.69) is 6.92 Å². The number of Topliss-reactive ketones (excluding diaryl/α,β-unsaturated/α-hetero) is 1. The lowest BCUT2D eigenvalue weighted by Crippen LogP contribution is -2.42. The van der Waals surface area contributed by atoms with E-state index in [0.717, 1.165) is 6.42 Å². The lowest BCUT2D eigenvalue weighted by molar-refractivity contribution is -0.138. The maximum absolute atomic E-state index is 10.9. The van der Waals surface area contributed by atoms with E-state index in [1.165, 1.54) is 19.3 Å². The summed E-state index contributed by atoms with van der Waals surface area (Å²) in [6.07, 6.45) is 4.63. The quantitative estimate of drug-likeness (QED) is 0.481. The summed E-state index contributed by atoms with van der Waals surface area (Å²) in [6.45, 7) is 2.26. The molecule has 0 spiro atoms. The van der Waals surface area contributed by atoms with Crippen molar-refractivity contribution >= 4 is 5.78 Å². The summed E-state index contributed by atoms with van der Waals surface area (Å²) in [5.41, 5.74) is 0.455. The monoisotopic (exact) mass is 124 g/mol. The summed E-state index contributed by atoms with van der Waals surface area (Å²) >= 11 is 0. The molecule has 0 unspecified atom stereocenters. The van der Waals surface area contributed by atoms with Gasteiger partial charge in [-0.15, -0.1) is 0 Å². The molecule has 2 aliphatic carbocycles. The second-order valence-corrected chi connectivity index (χ2v) is 3.74. The zero-order valence-electron chi connectivity index (χ0n) is 5.81. The zero-order valence-corrected chi connectivity index (χ0v) is 5.81. The van der Waals surface area contributed by atoms with Crippen LogP contribution in [0.4, 0.5) is 0 Å². The third-order valence-corrected chi connectivity index (χ3v) is 3.05. The first-order valence-electron chi connectivity index (χ1n) is 3.75. The Morgan fingerprint density at radius 3 is 2.89 bits per heavy atom. The van der Waals surface area contributed by atoms with Crippen molar-refractivity contribution in [3.63, 3.8) is 0 Å². The van der Waals surface area contributed by atoms with Crippen LogP contribution < -0.4 is 0 Å². The number of fused-ring (bicyclic) bond motifs is 1. The molecule has 1 heteroatoms. The van der Waals surface area contributed by atoms with Crippen LogP contribution in [0.3, 0.4) is 0 Å². The molecule has 0 aromatic rings. The van der Waals surface area contributed by atoms with E-state index in [9.17, 15) is 4.79 Å². The van der Waals surface area contributed by atoms with Gasteiger partial charge in [0.25, 0.3) is 0 Å². The Hall–Kier alpha value is -0.330. The van der Waals surface area contributed by atoms with Crippen molar-refractivity contribution in [2.75, 3.05) is 0 Å². The van der Waals surface area contributed by atoms with Gasteiger partial charge in [-0.3, -0.25) is 4.79 Å². The highest BCUT2D eigenvalue weighted by Crippen LogP contribution is 2.54. The molecule has 2 fully saturated rings. The summed E-state index contributed by atoms with van der Waals surface area (Å²) < 4.78 is 0. The molecule has 0 heterocycles. The van der Waals surface area contributed by atoms with Crippen molar-refractivity contribution in [3.05, 3.63) is 0 Å². The summed E-state index contributed by atoms with van der Waals surface area (Å²) in [7, 11) is 0. The normalized spacial score (nSPS) is 48.6. The van der Waals surface area contributed by atoms with Crippen LogP contribution in [0.2, 0.25) is 0 Å². The number of ketones is 1. The van der Waals surface area contributed by atoms with Crippen LogP contribution in [0, 0.1) is 11.3 Å². The van der Waals surface area contributed by atoms with E-state index in [1.54, 1.807) is 0 Å². The number of hydrogen-bond acceptors (Lipinski definition) is 1. The van der Waals surface area contributed by atoms with Gasteiger partial charge in [0.2, 0.25) is 0 Å². The van der Waals surface area contributed by atoms with Crippen LogP contribution in [-0.4, -0.2) is 5.78 Å². The molecule has 0 amide bonds. The highest BCUT2D eigenvalue weighted by molar-refractivity contribution is 5.89. The highest BCUT2D eigenvalue weighted by atomic mass is 16.1. The number of carbonyl (C=O) groups is 1. The summed E-state index contributed by atoms with van der Waals surface area (Å²) in [5.74, 6) is 0.993.